The van der Waals surface area contributed by atoms with Gasteiger partial charge in [-0.25, -0.2) is 4.79 Å². The quantitative estimate of drug-likeness (QED) is 0.627. The highest BCUT2D eigenvalue weighted by atomic mass is 16.4. The second-order valence-electron chi connectivity index (χ2n) is 3.06. The third-order valence-electron chi connectivity index (χ3n) is 2.24. The Hall–Kier alpha value is -1.55. The van der Waals surface area contributed by atoms with Crippen molar-refractivity contribution in [2.75, 3.05) is 11.4 Å². The smallest absolute Gasteiger partial charge is 0.411 e. The molecule has 0 aliphatic carbocycles. The molecule has 2 rings (SSSR count). The number of carbonyl (C=O) groups is 1. The maximum atomic E-state index is 10.8. The zero-order valence-corrected chi connectivity index (χ0v) is 6.97. The second-order valence-corrected chi connectivity index (χ2v) is 3.06. The number of hydrogen-bond acceptors (Lipinski definition) is 2. The summed E-state index contributed by atoms with van der Waals surface area (Å²) in [6.45, 7) is 0.356. The Bertz CT molecular complexity index is 351. The molecule has 1 aliphatic rings. The average molecular weight is 178 g/mol. The third-order valence-corrected chi connectivity index (χ3v) is 2.24. The average Bonchev–Trinajstić information content (AvgIpc) is 2.45. The normalized spacial score (nSPS) is 20.1. The lowest BCUT2D eigenvalue weighted by Crippen LogP contribution is -2.29. The number of anilines is 1. The van der Waals surface area contributed by atoms with Gasteiger partial charge in [-0.2, -0.15) is 0 Å². The summed E-state index contributed by atoms with van der Waals surface area (Å²) in [4.78, 5) is 12.1. The number of rotatable bonds is 0. The van der Waals surface area contributed by atoms with Crippen molar-refractivity contribution < 1.29 is 9.90 Å². The fraction of sp³-hybridized carbons (Fsp3) is 0.222. The minimum atomic E-state index is -0.944. The van der Waals surface area contributed by atoms with Crippen molar-refractivity contribution in [2.24, 2.45) is 5.73 Å². The molecule has 4 nitrogen and oxygen atoms in total. The molecule has 0 aromatic heterocycles. The van der Waals surface area contributed by atoms with Gasteiger partial charge in [0.05, 0.1) is 11.7 Å². The van der Waals surface area contributed by atoms with Crippen molar-refractivity contribution in [3.8, 4) is 0 Å². The van der Waals surface area contributed by atoms with Crippen LogP contribution in [0.5, 0.6) is 0 Å². The summed E-state index contributed by atoms with van der Waals surface area (Å²) in [6, 6.07) is 7.13. The maximum absolute atomic E-state index is 10.8. The highest BCUT2D eigenvalue weighted by Crippen LogP contribution is 2.32. The van der Waals surface area contributed by atoms with Crippen molar-refractivity contribution in [3.05, 3.63) is 29.8 Å². The number of nitrogens with two attached hydrogens (primary N) is 1. The van der Waals surface area contributed by atoms with Gasteiger partial charge in [-0.1, -0.05) is 18.2 Å². The largest absolute Gasteiger partial charge is 0.465 e. The minimum absolute atomic E-state index is 0.188. The van der Waals surface area contributed by atoms with Gasteiger partial charge in [0.2, 0.25) is 0 Å². The molecule has 4 heteroatoms. The van der Waals surface area contributed by atoms with Crippen LogP contribution in [0, 0.1) is 0 Å². The van der Waals surface area contributed by atoms with Crippen LogP contribution in [0.3, 0.4) is 0 Å². The summed E-state index contributed by atoms with van der Waals surface area (Å²) in [5.41, 5.74) is 7.39. The molecule has 13 heavy (non-hydrogen) atoms. The number of hydrogen-bond donors (Lipinski definition) is 2. The molecule has 1 atom stereocenters. The summed E-state index contributed by atoms with van der Waals surface area (Å²) < 4.78 is 0. The lowest BCUT2D eigenvalue weighted by atomic mass is 10.1. The van der Waals surface area contributed by atoms with Gasteiger partial charge in [0.25, 0.3) is 0 Å². The second kappa shape index (κ2) is 2.74. The van der Waals surface area contributed by atoms with Crippen molar-refractivity contribution >= 4 is 11.8 Å². The Morgan fingerprint density at radius 3 is 2.92 bits per heavy atom. The first-order valence-electron chi connectivity index (χ1n) is 4.05. The van der Waals surface area contributed by atoms with E-state index in [4.69, 9.17) is 10.8 Å². The fourth-order valence-corrected chi connectivity index (χ4v) is 1.62. The van der Waals surface area contributed by atoms with E-state index < -0.39 is 6.09 Å². The standard InChI is InChI=1S/C9H10N2O2/c10-7-5-11(9(12)13)8-4-2-1-3-6(7)8/h1-4,7H,5,10H2,(H,12,13). The van der Waals surface area contributed by atoms with Crippen LogP contribution < -0.4 is 10.6 Å². The van der Waals surface area contributed by atoms with Gasteiger partial charge in [-0.15, -0.1) is 0 Å². The molecule has 1 amide bonds. The fourth-order valence-electron chi connectivity index (χ4n) is 1.62. The van der Waals surface area contributed by atoms with E-state index in [1.54, 1.807) is 6.07 Å². The Balaban J connectivity index is 2.47. The molecular weight excluding hydrogens is 168 g/mol. The van der Waals surface area contributed by atoms with Crippen LogP contribution in [-0.4, -0.2) is 17.7 Å². The maximum Gasteiger partial charge on any atom is 0.411 e. The molecule has 0 saturated heterocycles. The SMILES string of the molecule is NC1CN(C(=O)O)c2ccccc21. The highest BCUT2D eigenvalue weighted by molar-refractivity contribution is 5.89. The van der Waals surface area contributed by atoms with Crippen LogP contribution in [0.1, 0.15) is 11.6 Å². The van der Waals surface area contributed by atoms with Crippen molar-refractivity contribution in [2.45, 2.75) is 6.04 Å². The van der Waals surface area contributed by atoms with Crippen molar-refractivity contribution in [1.82, 2.24) is 0 Å². The summed E-state index contributed by atoms with van der Waals surface area (Å²) >= 11 is 0. The van der Waals surface area contributed by atoms with E-state index in [0.29, 0.717) is 12.2 Å². The number of fused-ring (bicyclic) bond motifs is 1. The first-order valence-corrected chi connectivity index (χ1v) is 4.05. The number of benzene rings is 1. The lowest BCUT2D eigenvalue weighted by molar-refractivity contribution is 0.202. The molecule has 0 bridgehead atoms. The molecule has 0 radical (unpaired) electrons. The monoisotopic (exact) mass is 178 g/mol. The Morgan fingerprint density at radius 1 is 1.54 bits per heavy atom. The molecule has 1 heterocycles. The molecule has 1 aromatic rings. The van der Waals surface area contributed by atoms with Crippen LogP contribution >= 0.6 is 0 Å². The van der Waals surface area contributed by atoms with E-state index in [1.807, 2.05) is 18.2 Å². The number of para-hydroxylation sites is 1. The Labute approximate surface area is 75.6 Å². The van der Waals surface area contributed by atoms with E-state index in [9.17, 15) is 4.79 Å². The van der Waals surface area contributed by atoms with E-state index >= 15 is 0 Å². The molecule has 0 spiro atoms. The van der Waals surface area contributed by atoms with E-state index in [1.165, 1.54) is 4.90 Å². The predicted molar refractivity (Wildman–Crippen MR) is 48.7 cm³/mol. The summed E-state index contributed by atoms with van der Waals surface area (Å²) in [6.07, 6.45) is -0.944. The minimum Gasteiger partial charge on any atom is -0.465 e. The van der Waals surface area contributed by atoms with Gasteiger partial charge < -0.3 is 10.8 Å². The predicted octanol–water partition coefficient (Wildman–Crippen LogP) is 1.18. The van der Waals surface area contributed by atoms with Gasteiger partial charge in [0.15, 0.2) is 0 Å². The number of carboxylic acid groups (broad SMARTS) is 1. The zero-order chi connectivity index (χ0) is 9.42. The summed E-state index contributed by atoms with van der Waals surface area (Å²) in [5.74, 6) is 0. The Kier molecular flexibility index (Phi) is 1.70. The van der Waals surface area contributed by atoms with Crippen LogP contribution in [0.15, 0.2) is 24.3 Å². The first kappa shape index (κ1) is 8.07. The van der Waals surface area contributed by atoms with Gasteiger partial charge in [-0.3, -0.25) is 4.90 Å². The van der Waals surface area contributed by atoms with E-state index in [0.717, 1.165) is 5.56 Å². The molecule has 1 aromatic carbocycles. The summed E-state index contributed by atoms with van der Waals surface area (Å²) in [7, 11) is 0. The highest BCUT2D eigenvalue weighted by Gasteiger charge is 2.29. The summed E-state index contributed by atoms with van der Waals surface area (Å²) in [5, 5.41) is 8.85. The topological polar surface area (TPSA) is 66.6 Å². The molecule has 0 saturated carbocycles. The van der Waals surface area contributed by atoms with Crippen LogP contribution in [0.2, 0.25) is 0 Å². The van der Waals surface area contributed by atoms with Crippen molar-refractivity contribution in [3.63, 3.8) is 0 Å². The molecule has 1 unspecified atom stereocenters. The van der Waals surface area contributed by atoms with E-state index in [2.05, 4.69) is 0 Å². The first-order chi connectivity index (χ1) is 6.20. The van der Waals surface area contributed by atoms with Gasteiger partial charge in [0.1, 0.15) is 0 Å². The molecule has 1 aliphatic heterocycles. The van der Waals surface area contributed by atoms with Crippen LogP contribution in [-0.2, 0) is 0 Å². The van der Waals surface area contributed by atoms with E-state index in [-0.39, 0.29) is 6.04 Å². The third kappa shape index (κ3) is 1.15. The van der Waals surface area contributed by atoms with Gasteiger partial charge >= 0.3 is 6.09 Å². The van der Waals surface area contributed by atoms with Crippen molar-refractivity contribution in [1.29, 1.82) is 0 Å². The van der Waals surface area contributed by atoms with Crippen LogP contribution in [0.4, 0.5) is 10.5 Å². The molecule has 3 N–H and O–H groups in total. The van der Waals surface area contributed by atoms with Gasteiger partial charge in [0, 0.05) is 6.54 Å². The number of amides is 1. The zero-order valence-electron chi connectivity index (χ0n) is 6.97. The van der Waals surface area contributed by atoms with Crippen LogP contribution in [0.25, 0.3) is 0 Å². The molecule has 0 fully saturated rings. The molecule has 68 valence electrons. The number of nitrogens with zero attached hydrogens (tertiary/aromatic N) is 1. The Morgan fingerprint density at radius 2 is 2.23 bits per heavy atom. The molecular formula is C9H10N2O2. The van der Waals surface area contributed by atoms with Gasteiger partial charge in [-0.05, 0) is 11.6 Å². The lowest BCUT2D eigenvalue weighted by Gasteiger charge is -2.11.